The van der Waals surface area contributed by atoms with Crippen LogP contribution >= 0.6 is 0 Å². The maximum Gasteiger partial charge on any atom is 0.325 e. The summed E-state index contributed by atoms with van der Waals surface area (Å²) in [5.41, 5.74) is 1.93. The topological polar surface area (TPSA) is 49.3 Å². The molecule has 0 aromatic heterocycles. The van der Waals surface area contributed by atoms with E-state index in [0.29, 0.717) is 0 Å². The third-order valence-electron chi connectivity index (χ3n) is 2.28. The van der Waals surface area contributed by atoms with Crippen LogP contribution in [0.3, 0.4) is 0 Å². The first-order chi connectivity index (χ1) is 6.70. The van der Waals surface area contributed by atoms with E-state index in [1.165, 1.54) is 0 Å². The Hall–Kier alpha value is -1.35. The molecule has 0 radical (unpaired) electrons. The van der Waals surface area contributed by atoms with E-state index in [-0.39, 0.29) is 0 Å². The molecule has 14 heavy (non-hydrogen) atoms. The van der Waals surface area contributed by atoms with Gasteiger partial charge in [0.1, 0.15) is 6.04 Å². The zero-order valence-corrected chi connectivity index (χ0v) is 8.45. The lowest BCUT2D eigenvalue weighted by molar-refractivity contribution is -0.139. The lowest BCUT2D eigenvalue weighted by Crippen LogP contribution is -2.25. The first-order valence-corrected chi connectivity index (χ1v) is 4.68. The molecule has 3 nitrogen and oxygen atoms in total. The van der Waals surface area contributed by atoms with Crippen LogP contribution < -0.4 is 5.32 Å². The molecular formula is C11H15NO2. The lowest BCUT2D eigenvalue weighted by Gasteiger charge is -2.14. The Balaban J connectivity index is 3.08. The normalized spacial score (nSPS) is 12.4. The number of carboxylic acid groups (broad SMARTS) is 1. The van der Waals surface area contributed by atoms with Crippen molar-refractivity contribution in [3.63, 3.8) is 0 Å². The van der Waals surface area contributed by atoms with Crippen LogP contribution in [0.4, 0.5) is 0 Å². The fourth-order valence-electron chi connectivity index (χ4n) is 1.55. The van der Waals surface area contributed by atoms with Crippen molar-refractivity contribution < 1.29 is 9.90 Å². The average molecular weight is 193 g/mol. The third-order valence-corrected chi connectivity index (χ3v) is 2.28. The molecule has 0 bridgehead atoms. The molecule has 2 N–H and O–H groups in total. The second-order valence-corrected chi connectivity index (χ2v) is 3.11. The first-order valence-electron chi connectivity index (χ1n) is 4.68. The molecule has 0 amide bonds. The molecule has 1 rings (SSSR count). The van der Waals surface area contributed by atoms with E-state index in [4.69, 9.17) is 5.11 Å². The molecule has 0 heterocycles. The van der Waals surface area contributed by atoms with Gasteiger partial charge < -0.3 is 10.4 Å². The number of hydrogen-bond acceptors (Lipinski definition) is 2. The van der Waals surface area contributed by atoms with Gasteiger partial charge in [0.25, 0.3) is 0 Å². The molecule has 1 unspecified atom stereocenters. The van der Waals surface area contributed by atoms with Gasteiger partial charge >= 0.3 is 5.97 Å². The molecule has 0 fully saturated rings. The van der Waals surface area contributed by atoms with Crippen molar-refractivity contribution in [2.24, 2.45) is 0 Å². The van der Waals surface area contributed by atoms with Gasteiger partial charge in [0.05, 0.1) is 0 Å². The summed E-state index contributed by atoms with van der Waals surface area (Å²) in [5, 5.41) is 11.8. The van der Waals surface area contributed by atoms with E-state index in [2.05, 4.69) is 5.32 Å². The van der Waals surface area contributed by atoms with Crippen molar-refractivity contribution in [3.05, 3.63) is 35.4 Å². The van der Waals surface area contributed by atoms with Crippen LogP contribution in [0.5, 0.6) is 0 Å². The Bertz CT molecular complexity index is 323. The summed E-state index contributed by atoms with van der Waals surface area (Å²) < 4.78 is 0. The number of carbonyl (C=O) groups is 1. The molecule has 76 valence electrons. The second kappa shape index (κ2) is 4.77. The van der Waals surface area contributed by atoms with Crippen LogP contribution in [0.15, 0.2) is 24.3 Å². The Morgan fingerprint density at radius 3 is 2.64 bits per heavy atom. The van der Waals surface area contributed by atoms with Crippen molar-refractivity contribution in [3.8, 4) is 0 Å². The van der Waals surface area contributed by atoms with Gasteiger partial charge in [-0.2, -0.15) is 0 Å². The summed E-state index contributed by atoms with van der Waals surface area (Å²) in [6, 6.07) is 7.00. The summed E-state index contributed by atoms with van der Waals surface area (Å²) in [7, 11) is 1.66. The van der Waals surface area contributed by atoms with Gasteiger partial charge in [-0.25, -0.2) is 0 Å². The van der Waals surface area contributed by atoms with E-state index in [9.17, 15) is 4.79 Å². The smallest absolute Gasteiger partial charge is 0.325 e. The number of likely N-dealkylation sites (N-methyl/N-ethyl adjacent to an activating group) is 1. The number of aliphatic carboxylic acids is 1. The highest BCUT2D eigenvalue weighted by molar-refractivity contribution is 5.76. The van der Waals surface area contributed by atoms with Crippen molar-refractivity contribution >= 4 is 5.97 Å². The fourth-order valence-corrected chi connectivity index (χ4v) is 1.55. The molecule has 0 spiro atoms. The molecular weight excluding hydrogens is 178 g/mol. The van der Waals surface area contributed by atoms with Crippen LogP contribution in [0.25, 0.3) is 0 Å². The zero-order chi connectivity index (χ0) is 10.6. The minimum Gasteiger partial charge on any atom is -0.480 e. The van der Waals surface area contributed by atoms with Crippen molar-refractivity contribution in [2.75, 3.05) is 7.05 Å². The number of benzene rings is 1. The number of aryl methyl sites for hydroxylation is 1. The first kappa shape index (κ1) is 10.7. The number of nitrogens with one attached hydrogen (secondary N) is 1. The number of carboxylic acids is 1. The van der Waals surface area contributed by atoms with E-state index in [1.807, 2.05) is 31.2 Å². The van der Waals surface area contributed by atoms with Crippen LogP contribution in [0, 0.1) is 0 Å². The minimum absolute atomic E-state index is 0.605. The third kappa shape index (κ3) is 2.12. The van der Waals surface area contributed by atoms with Gasteiger partial charge in [-0.05, 0) is 24.6 Å². The SMILES string of the molecule is CCc1ccccc1C(NC)C(=O)O. The summed E-state index contributed by atoms with van der Waals surface area (Å²) in [4.78, 5) is 10.9. The summed E-state index contributed by atoms with van der Waals surface area (Å²) in [6.07, 6.45) is 0.849. The summed E-state index contributed by atoms with van der Waals surface area (Å²) >= 11 is 0. The highest BCUT2D eigenvalue weighted by atomic mass is 16.4. The minimum atomic E-state index is -0.839. The molecule has 3 heteroatoms. The van der Waals surface area contributed by atoms with E-state index in [0.717, 1.165) is 17.5 Å². The molecule has 1 aromatic carbocycles. The molecule has 1 aromatic rings. The Morgan fingerprint density at radius 2 is 2.14 bits per heavy atom. The highest BCUT2D eigenvalue weighted by Gasteiger charge is 2.19. The quantitative estimate of drug-likeness (QED) is 0.763. The molecule has 0 saturated carbocycles. The van der Waals surface area contributed by atoms with Crippen molar-refractivity contribution in [1.82, 2.24) is 5.32 Å². The maximum atomic E-state index is 10.9. The Labute approximate surface area is 83.8 Å². The van der Waals surface area contributed by atoms with Crippen LogP contribution in [0.2, 0.25) is 0 Å². The fraction of sp³-hybridized carbons (Fsp3) is 0.364. The maximum absolute atomic E-state index is 10.9. The number of rotatable bonds is 4. The van der Waals surface area contributed by atoms with E-state index in [1.54, 1.807) is 7.05 Å². The van der Waals surface area contributed by atoms with Gasteiger partial charge in [-0.15, -0.1) is 0 Å². The standard InChI is InChI=1S/C11H15NO2/c1-3-8-6-4-5-7-9(8)10(12-2)11(13)14/h4-7,10,12H,3H2,1-2H3,(H,13,14). The van der Waals surface area contributed by atoms with Crippen LogP contribution in [0.1, 0.15) is 24.1 Å². The predicted molar refractivity (Wildman–Crippen MR) is 55.3 cm³/mol. The van der Waals surface area contributed by atoms with Gasteiger partial charge in [-0.3, -0.25) is 4.79 Å². The van der Waals surface area contributed by atoms with Gasteiger partial charge in [0.2, 0.25) is 0 Å². The van der Waals surface area contributed by atoms with Crippen LogP contribution in [-0.2, 0) is 11.2 Å². The van der Waals surface area contributed by atoms with Gasteiger partial charge in [0, 0.05) is 0 Å². The highest BCUT2D eigenvalue weighted by Crippen LogP contribution is 2.18. The molecule has 1 atom stereocenters. The zero-order valence-electron chi connectivity index (χ0n) is 8.45. The Kier molecular flexibility index (Phi) is 3.65. The largest absolute Gasteiger partial charge is 0.480 e. The summed E-state index contributed by atoms with van der Waals surface area (Å²) in [6.45, 7) is 2.02. The second-order valence-electron chi connectivity index (χ2n) is 3.11. The molecule has 0 aliphatic heterocycles. The van der Waals surface area contributed by atoms with E-state index >= 15 is 0 Å². The predicted octanol–water partition coefficient (Wildman–Crippen LogP) is 1.59. The van der Waals surface area contributed by atoms with Crippen LogP contribution in [-0.4, -0.2) is 18.1 Å². The molecule has 0 saturated heterocycles. The van der Waals surface area contributed by atoms with Crippen molar-refractivity contribution in [1.29, 1.82) is 0 Å². The number of hydrogen-bond donors (Lipinski definition) is 2. The lowest BCUT2D eigenvalue weighted by atomic mass is 9.99. The average Bonchev–Trinajstić information content (AvgIpc) is 2.19. The molecule has 0 aliphatic carbocycles. The van der Waals surface area contributed by atoms with Crippen molar-refractivity contribution in [2.45, 2.75) is 19.4 Å². The van der Waals surface area contributed by atoms with E-state index < -0.39 is 12.0 Å². The van der Waals surface area contributed by atoms with Gasteiger partial charge in [-0.1, -0.05) is 31.2 Å². The van der Waals surface area contributed by atoms with Gasteiger partial charge in [0.15, 0.2) is 0 Å². The monoisotopic (exact) mass is 193 g/mol. The molecule has 0 aliphatic rings. The summed E-state index contributed by atoms with van der Waals surface area (Å²) in [5.74, 6) is -0.839. The Morgan fingerprint density at radius 1 is 1.50 bits per heavy atom.